The fraction of sp³-hybridized carbons (Fsp3) is 1.00. The largest absolute Gasteiger partial charge is 0.328 e. The molecule has 1 unspecified atom stereocenters. The summed E-state index contributed by atoms with van der Waals surface area (Å²) in [5.74, 6) is 0.182. The molecule has 0 aliphatic carbocycles. The van der Waals surface area contributed by atoms with Crippen LogP contribution in [0, 0.1) is 0 Å². The second-order valence-corrected chi connectivity index (χ2v) is 5.93. The summed E-state index contributed by atoms with van der Waals surface area (Å²) in [4.78, 5) is 0. The molecule has 80 valence electrons. The summed E-state index contributed by atoms with van der Waals surface area (Å²) in [5.41, 5.74) is 3.74. The van der Waals surface area contributed by atoms with E-state index < -0.39 is 15.5 Å². The van der Waals surface area contributed by atoms with Crippen LogP contribution < -0.4 is 5.73 Å². The van der Waals surface area contributed by atoms with Gasteiger partial charge in [0, 0.05) is 12.3 Å². The van der Waals surface area contributed by atoms with Crippen molar-refractivity contribution in [2.24, 2.45) is 5.73 Å². The zero-order valence-corrected chi connectivity index (χ0v) is 9.03. The predicted octanol–water partition coefficient (Wildman–Crippen LogP) is 0.888. The highest BCUT2D eigenvalue weighted by molar-refractivity contribution is 7.91. The molecular formula is C8H18FNO2S. The lowest BCUT2D eigenvalue weighted by Gasteiger charge is -2.17. The third kappa shape index (κ3) is 5.99. The van der Waals surface area contributed by atoms with Crippen molar-refractivity contribution in [3.63, 3.8) is 0 Å². The van der Waals surface area contributed by atoms with E-state index in [1.54, 1.807) is 6.92 Å². The zero-order chi connectivity index (χ0) is 10.5. The summed E-state index contributed by atoms with van der Waals surface area (Å²) in [7, 11) is -2.96. The fourth-order valence-electron chi connectivity index (χ4n) is 0.907. The topological polar surface area (TPSA) is 60.2 Å². The van der Waals surface area contributed by atoms with Gasteiger partial charge < -0.3 is 5.73 Å². The van der Waals surface area contributed by atoms with Gasteiger partial charge in [-0.1, -0.05) is 6.92 Å². The average Bonchev–Trinajstić information content (AvgIpc) is 2.04. The molecule has 0 radical (unpaired) electrons. The van der Waals surface area contributed by atoms with Crippen molar-refractivity contribution < 1.29 is 12.8 Å². The molecule has 2 N–H and O–H groups in total. The number of sulfone groups is 1. The Morgan fingerprint density at radius 1 is 1.46 bits per heavy atom. The number of hydrogen-bond donors (Lipinski definition) is 1. The van der Waals surface area contributed by atoms with E-state index in [2.05, 4.69) is 0 Å². The van der Waals surface area contributed by atoms with Gasteiger partial charge in [-0.25, -0.2) is 12.8 Å². The summed E-state index contributed by atoms with van der Waals surface area (Å²) >= 11 is 0. The normalized spacial score (nSPS) is 16.9. The second kappa shape index (κ2) is 4.91. The fourth-order valence-corrected chi connectivity index (χ4v) is 1.78. The second-order valence-electron chi connectivity index (χ2n) is 3.46. The molecule has 0 saturated carbocycles. The summed E-state index contributed by atoms with van der Waals surface area (Å²) in [6.45, 7) is 2.93. The molecule has 0 aliphatic heterocycles. The van der Waals surface area contributed by atoms with E-state index in [0.717, 1.165) is 0 Å². The molecule has 0 fully saturated rings. The highest BCUT2D eigenvalue weighted by Gasteiger charge is 2.21. The molecule has 0 aromatic rings. The molecule has 0 rings (SSSR count). The Balaban J connectivity index is 3.81. The van der Waals surface area contributed by atoms with E-state index in [-0.39, 0.29) is 24.5 Å². The van der Waals surface area contributed by atoms with E-state index in [0.29, 0.717) is 6.42 Å². The summed E-state index contributed by atoms with van der Waals surface area (Å²) in [5, 5.41) is 0. The van der Waals surface area contributed by atoms with Crippen LogP contribution in [0.1, 0.15) is 26.7 Å². The molecule has 0 heterocycles. The van der Waals surface area contributed by atoms with Crippen LogP contribution in [0.15, 0.2) is 0 Å². The third-order valence-corrected chi connectivity index (χ3v) is 3.81. The smallest absolute Gasteiger partial charge is 0.150 e. The SMILES string of the molecule is CCS(=O)(=O)CCCC(C)(F)CN. The lowest BCUT2D eigenvalue weighted by molar-refractivity contribution is 0.184. The molecule has 0 bridgehead atoms. The maximum atomic E-state index is 13.2. The number of rotatable bonds is 6. The zero-order valence-electron chi connectivity index (χ0n) is 8.22. The van der Waals surface area contributed by atoms with Crippen LogP contribution >= 0.6 is 0 Å². The van der Waals surface area contributed by atoms with E-state index in [9.17, 15) is 12.8 Å². The van der Waals surface area contributed by atoms with Crippen LogP contribution in [0.25, 0.3) is 0 Å². The van der Waals surface area contributed by atoms with Gasteiger partial charge in [0.2, 0.25) is 0 Å². The summed E-state index contributed by atoms with van der Waals surface area (Å²) in [6.07, 6.45) is 0.559. The summed E-state index contributed by atoms with van der Waals surface area (Å²) < 4.78 is 35.2. The predicted molar refractivity (Wildman–Crippen MR) is 52.1 cm³/mol. The van der Waals surface area contributed by atoms with Gasteiger partial charge in [-0.2, -0.15) is 0 Å². The van der Waals surface area contributed by atoms with Crippen molar-refractivity contribution in [1.82, 2.24) is 0 Å². The van der Waals surface area contributed by atoms with Crippen LogP contribution in [0.3, 0.4) is 0 Å². The van der Waals surface area contributed by atoms with Crippen molar-refractivity contribution in [3.05, 3.63) is 0 Å². The molecule has 0 aromatic heterocycles. The maximum absolute atomic E-state index is 13.2. The Hall–Kier alpha value is -0.160. The van der Waals surface area contributed by atoms with Crippen LogP contribution in [0.4, 0.5) is 4.39 Å². The highest BCUT2D eigenvalue weighted by atomic mass is 32.2. The Kier molecular flexibility index (Phi) is 4.85. The monoisotopic (exact) mass is 211 g/mol. The first-order valence-corrected chi connectivity index (χ1v) is 6.24. The van der Waals surface area contributed by atoms with Crippen LogP contribution in [-0.2, 0) is 9.84 Å². The van der Waals surface area contributed by atoms with Gasteiger partial charge in [-0.15, -0.1) is 0 Å². The van der Waals surface area contributed by atoms with Gasteiger partial charge in [0.05, 0.1) is 5.75 Å². The van der Waals surface area contributed by atoms with Gasteiger partial charge in [-0.3, -0.25) is 0 Å². The van der Waals surface area contributed by atoms with E-state index in [1.165, 1.54) is 6.92 Å². The molecule has 0 aromatic carbocycles. The van der Waals surface area contributed by atoms with E-state index >= 15 is 0 Å². The molecule has 0 saturated heterocycles. The lowest BCUT2D eigenvalue weighted by Crippen LogP contribution is -2.29. The molecular weight excluding hydrogens is 193 g/mol. The van der Waals surface area contributed by atoms with Gasteiger partial charge in [0.25, 0.3) is 0 Å². The van der Waals surface area contributed by atoms with Crippen molar-refractivity contribution in [2.45, 2.75) is 32.4 Å². The Labute approximate surface area is 79.4 Å². The molecule has 0 aliphatic rings. The third-order valence-electron chi connectivity index (χ3n) is 2.02. The Morgan fingerprint density at radius 2 is 2.00 bits per heavy atom. The molecule has 3 nitrogen and oxygen atoms in total. The van der Waals surface area contributed by atoms with E-state index in [4.69, 9.17) is 5.73 Å². The van der Waals surface area contributed by atoms with Crippen molar-refractivity contribution in [3.8, 4) is 0 Å². The number of alkyl halides is 1. The average molecular weight is 211 g/mol. The van der Waals surface area contributed by atoms with Crippen molar-refractivity contribution in [2.75, 3.05) is 18.1 Å². The Bertz CT molecular complexity index is 237. The summed E-state index contributed by atoms with van der Waals surface area (Å²) in [6, 6.07) is 0. The maximum Gasteiger partial charge on any atom is 0.150 e. The number of nitrogens with two attached hydrogens (primary N) is 1. The number of halogens is 1. The van der Waals surface area contributed by atoms with Gasteiger partial charge in [0.15, 0.2) is 0 Å². The molecule has 0 spiro atoms. The Morgan fingerprint density at radius 3 is 2.38 bits per heavy atom. The highest BCUT2D eigenvalue weighted by Crippen LogP contribution is 2.16. The van der Waals surface area contributed by atoms with Gasteiger partial charge >= 0.3 is 0 Å². The molecule has 1 atom stereocenters. The van der Waals surface area contributed by atoms with E-state index in [1.807, 2.05) is 0 Å². The lowest BCUT2D eigenvalue weighted by atomic mass is 10.0. The van der Waals surface area contributed by atoms with Crippen LogP contribution in [0.5, 0.6) is 0 Å². The molecule has 13 heavy (non-hydrogen) atoms. The number of hydrogen-bond acceptors (Lipinski definition) is 3. The first-order chi connectivity index (χ1) is 5.83. The quantitative estimate of drug-likeness (QED) is 0.709. The minimum Gasteiger partial charge on any atom is -0.328 e. The minimum absolute atomic E-state index is 0.0564. The first kappa shape index (κ1) is 12.8. The van der Waals surface area contributed by atoms with Crippen LogP contribution in [0.2, 0.25) is 0 Å². The van der Waals surface area contributed by atoms with Crippen molar-refractivity contribution >= 4 is 9.84 Å². The van der Waals surface area contributed by atoms with Crippen LogP contribution in [-0.4, -0.2) is 32.1 Å². The minimum atomic E-state index is -2.96. The standard InChI is InChI=1S/C8H18FNO2S/c1-3-13(11,12)6-4-5-8(2,9)7-10/h3-7,10H2,1-2H3. The van der Waals surface area contributed by atoms with Gasteiger partial charge in [0.1, 0.15) is 15.5 Å². The van der Waals surface area contributed by atoms with Gasteiger partial charge in [-0.05, 0) is 19.8 Å². The molecule has 5 heteroatoms. The van der Waals surface area contributed by atoms with Crippen molar-refractivity contribution in [1.29, 1.82) is 0 Å². The molecule has 0 amide bonds. The first-order valence-electron chi connectivity index (χ1n) is 4.42.